The van der Waals surface area contributed by atoms with E-state index in [0.29, 0.717) is 0 Å². The Morgan fingerprint density at radius 3 is 2.45 bits per heavy atom. The van der Waals surface area contributed by atoms with Gasteiger partial charge in [0.15, 0.2) is 6.61 Å². The first kappa shape index (κ1) is 21.8. The molecule has 0 fully saturated rings. The maximum absolute atomic E-state index is 12.2. The summed E-state index contributed by atoms with van der Waals surface area (Å²) in [4.78, 5) is 35.8. The van der Waals surface area contributed by atoms with E-state index in [1.807, 2.05) is 79.7 Å². The third kappa shape index (κ3) is 6.54. The molecule has 0 spiro atoms. The zero-order valence-corrected chi connectivity index (χ0v) is 17.2. The summed E-state index contributed by atoms with van der Waals surface area (Å²) in [6.45, 7) is 1.15. The molecular formula is C25H24N2O4. The highest BCUT2D eigenvalue weighted by Gasteiger charge is 2.14. The summed E-state index contributed by atoms with van der Waals surface area (Å²) in [6.07, 6.45) is 2.98. The number of esters is 1. The van der Waals surface area contributed by atoms with Gasteiger partial charge in [-0.1, -0.05) is 72.8 Å². The normalized spacial score (nSPS) is 11.8. The molecule has 31 heavy (non-hydrogen) atoms. The van der Waals surface area contributed by atoms with Gasteiger partial charge in [0.2, 0.25) is 5.91 Å². The number of nitrogens with one attached hydrogen (secondary N) is 2. The summed E-state index contributed by atoms with van der Waals surface area (Å²) >= 11 is 0. The number of ether oxygens (including phenoxy) is 1. The fourth-order valence-corrected chi connectivity index (χ4v) is 3.14. The van der Waals surface area contributed by atoms with Crippen LogP contribution in [-0.4, -0.2) is 30.9 Å². The predicted octanol–water partition coefficient (Wildman–Crippen LogP) is 3.39. The molecule has 158 valence electrons. The van der Waals surface area contributed by atoms with Gasteiger partial charge in [0.05, 0.1) is 6.04 Å². The molecule has 0 aromatic heterocycles. The van der Waals surface area contributed by atoms with Gasteiger partial charge in [0.1, 0.15) is 6.54 Å². The van der Waals surface area contributed by atoms with Gasteiger partial charge in [-0.3, -0.25) is 14.4 Å². The summed E-state index contributed by atoms with van der Waals surface area (Å²) in [5.41, 5.74) is 1.85. The van der Waals surface area contributed by atoms with E-state index in [4.69, 9.17) is 4.74 Å². The lowest BCUT2D eigenvalue weighted by Crippen LogP contribution is -2.34. The summed E-state index contributed by atoms with van der Waals surface area (Å²) < 4.78 is 4.95. The van der Waals surface area contributed by atoms with Crippen LogP contribution in [0, 0.1) is 0 Å². The number of carbonyl (C=O) groups is 3. The van der Waals surface area contributed by atoms with Crippen molar-refractivity contribution in [3.63, 3.8) is 0 Å². The number of fused-ring (bicyclic) bond motifs is 1. The van der Waals surface area contributed by atoms with Crippen molar-refractivity contribution in [1.29, 1.82) is 0 Å². The quantitative estimate of drug-likeness (QED) is 0.436. The predicted molar refractivity (Wildman–Crippen MR) is 120 cm³/mol. The molecule has 2 amide bonds. The van der Waals surface area contributed by atoms with E-state index in [1.165, 1.54) is 6.08 Å². The van der Waals surface area contributed by atoms with Gasteiger partial charge >= 0.3 is 5.97 Å². The van der Waals surface area contributed by atoms with E-state index in [1.54, 1.807) is 6.08 Å². The van der Waals surface area contributed by atoms with Crippen LogP contribution in [0.1, 0.15) is 24.1 Å². The number of hydrogen-bond donors (Lipinski definition) is 2. The van der Waals surface area contributed by atoms with Crippen LogP contribution in [0.2, 0.25) is 0 Å². The van der Waals surface area contributed by atoms with Crippen molar-refractivity contribution < 1.29 is 19.1 Å². The fourth-order valence-electron chi connectivity index (χ4n) is 3.14. The largest absolute Gasteiger partial charge is 0.454 e. The Hall–Kier alpha value is -3.93. The molecule has 0 bridgehead atoms. The maximum atomic E-state index is 12.2. The number of benzene rings is 3. The van der Waals surface area contributed by atoms with Gasteiger partial charge in [-0.05, 0) is 34.9 Å². The monoisotopic (exact) mass is 416 g/mol. The molecule has 2 N–H and O–H groups in total. The van der Waals surface area contributed by atoms with E-state index in [0.717, 1.165) is 21.9 Å². The highest BCUT2D eigenvalue weighted by atomic mass is 16.5. The smallest absolute Gasteiger partial charge is 0.325 e. The van der Waals surface area contributed by atoms with Gasteiger partial charge in [-0.25, -0.2) is 0 Å². The lowest BCUT2D eigenvalue weighted by Gasteiger charge is -2.16. The zero-order chi connectivity index (χ0) is 22.1. The molecule has 3 aromatic carbocycles. The molecule has 0 saturated carbocycles. The molecule has 0 radical (unpaired) electrons. The lowest BCUT2D eigenvalue weighted by atomic mass is 10.00. The standard InChI is InChI=1S/C25H24N2O4/c1-18(21-13-7-11-20-10-5-6-12-22(20)21)27-24(29)17-31-25(30)16-26-23(28)15-14-19-8-3-2-4-9-19/h2-15,18H,16-17H2,1H3,(H,26,28)(H,27,29)/b15-14+/t18-/m0/s1. The molecular weight excluding hydrogens is 392 g/mol. The Kier molecular flexibility index (Phi) is 7.54. The minimum Gasteiger partial charge on any atom is -0.454 e. The lowest BCUT2D eigenvalue weighted by molar-refractivity contribution is -0.148. The van der Waals surface area contributed by atoms with E-state index >= 15 is 0 Å². The minimum absolute atomic E-state index is 0.250. The van der Waals surface area contributed by atoms with Gasteiger partial charge < -0.3 is 15.4 Å². The van der Waals surface area contributed by atoms with Crippen LogP contribution in [0.5, 0.6) is 0 Å². The van der Waals surface area contributed by atoms with Crippen molar-refractivity contribution in [2.75, 3.05) is 13.2 Å². The van der Waals surface area contributed by atoms with Crippen molar-refractivity contribution in [3.05, 3.63) is 90.0 Å². The van der Waals surface area contributed by atoms with E-state index in [2.05, 4.69) is 10.6 Å². The van der Waals surface area contributed by atoms with Crippen molar-refractivity contribution >= 4 is 34.6 Å². The minimum atomic E-state index is -0.686. The zero-order valence-electron chi connectivity index (χ0n) is 17.2. The number of amides is 2. The van der Waals surface area contributed by atoms with Crippen LogP contribution >= 0.6 is 0 Å². The molecule has 1 atom stereocenters. The summed E-state index contributed by atoms with van der Waals surface area (Å²) in [7, 11) is 0. The SMILES string of the molecule is C[C@H](NC(=O)COC(=O)CNC(=O)/C=C/c1ccccc1)c1cccc2ccccc12. The Balaban J connectivity index is 1.42. The van der Waals surface area contributed by atoms with E-state index in [9.17, 15) is 14.4 Å². The molecule has 0 saturated heterocycles. The molecule has 6 nitrogen and oxygen atoms in total. The van der Waals surface area contributed by atoms with Gasteiger partial charge in [-0.2, -0.15) is 0 Å². The number of rotatable bonds is 8. The Bertz CT molecular complexity index is 1090. The van der Waals surface area contributed by atoms with Gasteiger partial charge in [-0.15, -0.1) is 0 Å². The van der Waals surface area contributed by atoms with Crippen molar-refractivity contribution in [2.24, 2.45) is 0 Å². The average Bonchev–Trinajstić information content (AvgIpc) is 2.80. The number of hydrogen-bond acceptors (Lipinski definition) is 4. The van der Waals surface area contributed by atoms with Crippen molar-refractivity contribution in [1.82, 2.24) is 10.6 Å². The molecule has 0 heterocycles. The molecule has 0 aliphatic carbocycles. The topological polar surface area (TPSA) is 84.5 Å². The van der Waals surface area contributed by atoms with Gasteiger partial charge in [0, 0.05) is 6.08 Å². The third-order valence-electron chi connectivity index (χ3n) is 4.67. The molecule has 0 unspecified atom stereocenters. The molecule has 3 rings (SSSR count). The Labute approximate surface area is 180 Å². The van der Waals surface area contributed by atoms with Crippen LogP contribution in [0.3, 0.4) is 0 Å². The third-order valence-corrected chi connectivity index (χ3v) is 4.67. The van der Waals surface area contributed by atoms with Crippen LogP contribution in [-0.2, 0) is 19.1 Å². The Morgan fingerprint density at radius 1 is 0.935 bits per heavy atom. The highest BCUT2D eigenvalue weighted by Crippen LogP contribution is 2.23. The highest BCUT2D eigenvalue weighted by molar-refractivity contribution is 5.94. The maximum Gasteiger partial charge on any atom is 0.325 e. The first-order chi connectivity index (χ1) is 15.0. The second-order valence-electron chi connectivity index (χ2n) is 6.98. The first-order valence-electron chi connectivity index (χ1n) is 9.96. The van der Waals surface area contributed by atoms with Crippen LogP contribution in [0.25, 0.3) is 16.8 Å². The summed E-state index contributed by atoms with van der Waals surface area (Å²) in [6, 6.07) is 22.9. The second-order valence-corrected chi connectivity index (χ2v) is 6.98. The molecule has 0 aliphatic rings. The molecule has 0 aliphatic heterocycles. The van der Waals surface area contributed by atoms with Crippen LogP contribution in [0.4, 0.5) is 0 Å². The first-order valence-corrected chi connectivity index (χ1v) is 9.96. The van der Waals surface area contributed by atoms with Crippen LogP contribution in [0.15, 0.2) is 78.9 Å². The Morgan fingerprint density at radius 2 is 1.65 bits per heavy atom. The van der Waals surface area contributed by atoms with Crippen LogP contribution < -0.4 is 10.6 Å². The fraction of sp³-hybridized carbons (Fsp3) is 0.160. The van der Waals surface area contributed by atoms with Crippen molar-refractivity contribution in [3.8, 4) is 0 Å². The summed E-state index contributed by atoms with van der Waals surface area (Å²) in [5, 5.41) is 7.41. The number of carbonyl (C=O) groups excluding carboxylic acids is 3. The average molecular weight is 416 g/mol. The second kappa shape index (κ2) is 10.7. The molecule has 6 heteroatoms. The van der Waals surface area contributed by atoms with Crippen molar-refractivity contribution in [2.45, 2.75) is 13.0 Å². The van der Waals surface area contributed by atoms with E-state index < -0.39 is 24.4 Å². The van der Waals surface area contributed by atoms with E-state index in [-0.39, 0.29) is 12.6 Å². The summed E-state index contributed by atoms with van der Waals surface area (Å²) in [5.74, 6) is -1.52. The van der Waals surface area contributed by atoms with Gasteiger partial charge in [0.25, 0.3) is 5.91 Å². The molecule has 3 aromatic rings.